The lowest BCUT2D eigenvalue weighted by molar-refractivity contribution is -0.189. The van der Waals surface area contributed by atoms with Crippen molar-refractivity contribution in [1.82, 2.24) is 5.32 Å². The van der Waals surface area contributed by atoms with Crippen molar-refractivity contribution in [1.29, 1.82) is 0 Å². The molecule has 1 nitrogen and oxygen atoms in total. The molecule has 0 bridgehead atoms. The smallest absolute Gasteiger partial charge is 0.309 e. The van der Waals surface area contributed by atoms with Crippen molar-refractivity contribution in [3.05, 3.63) is 35.4 Å². The summed E-state index contributed by atoms with van der Waals surface area (Å²) in [5.74, 6) is -1.31. The first kappa shape index (κ1) is 16.2. The zero-order valence-corrected chi connectivity index (χ0v) is 11.5. The normalized spacial score (nSPS) is 23.5. The molecule has 2 rings (SSSR count). The standard InChI is InChI=1S/C15H18F5N/c16-14(17)11-7-5-10(6-8-11)9-21-13-4-2-1-3-12(13)15(18,19)20/h5-8,12-14,21H,1-4,9H2. The van der Waals surface area contributed by atoms with Gasteiger partial charge in [0.05, 0.1) is 5.92 Å². The number of nitrogens with one attached hydrogen (secondary N) is 1. The van der Waals surface area contributed by atoms with E-state index < -0.39 is 24.6 Å². The molecule has 0 aromatic heterocycles. The fourth-order valence-corrected chi connectivity index (χ4v) is 2.80. The van der Waals surface area contributed by atoms with Crippen LogP contribution < -0.4 is 5.32 Å². The molecule has 6 heteroatoms. The van der Waals surface area contributed by atoms with Gasteiger partial charge in [0.1, 0.15) is 0 Å². The minimum Gasteiger partial charge on any atom is -0.309 e. The topological polar surface area (TPSA) is 12.0 Å². The second-order valence-electron chi connectivity index (χ2n) is 5.46. The summed E-state index contributed by atoms with van der Waals surface area (Å²) in [4.78, 5) is 0. The summed E-state index contributed by atoms with van der Waals surface area (Å²) in [6.45, 7) is 0.265. The molecule has 21 heavy (non-hydrogen) atoms. The molecule has 1 N–H and O–H groups in total. The highest BCUT2D eigenvalue weighted by Gasteiger charge is 2.45. The Kier molecular flexibility index (Phi) is 5.19. The zero-order chi connectivity index (χ0) is 15.5. The Labute approximate surface area is 120 Å². The van der Waals surface area contributed by atoms with E-state index in [0.717, 1.165) is 6.42 Å². The molecule has 0 saturated heterocycles. The van der Waals surface area contributed by atoms with Crippen LogP contribution in [0.1, 0.15) is 43.2 Å². The number of rotatable bonds is 4. The average Bonchev–Trinajstić information content (AvgIpc) is 2.45. The number of hydrogen-bond donors (Lipinski definition) is 1. The summed E-state index contributed by atoms with van der Waals surface area (Å²) < 4.78 is 63.6. The molecule has 0 radical (unpaired) electrons. The van der Waals surface area contributed by atoms with Gasteiger partial charge < -0.3 is 5.32 Å². The van der Waals surface area contributed by atoms with Crippen LogP contribution in [-0.4, -0.2) is 12.2 Å². The number of benzene rings is 1. The van der Waals surface area contributed by atoms with Crippen LogP contribution in [0.15, 0.2) is 24.3 Å². The van der Waals surface area contributed by atoms with E-state index in [1.54, 1.807) is 0 Å². The van der Waals surface area contributed by atoms with Gasteiger partial charge in [-0.15, -0.1) is 0 Å². The van der Waals surface area contributed by atoms with Gasteiger partial charge in [-0.2, -0.15) is 13.2 Å². The van der Waals surface area contributed by atoms with Crippen LogP contribution in [0.5, 0.6) is 0 Å². The molecule has 118 valence electrons. The summed E-state index contributed by atoms with van der Waals surface area (Å²) in [6.07, 6.45) is -4.66. The van der Waals surface area contributed by atoms with E-state index in [0.29, 0.717) is 18.4 Å². The third kappa shape index (κ3) is 4.40. The Bertz CT molecular complexity index is 440. The molecule has 1 saturated carbocycles. The predicted octanol–water partition coefficient (Wildman–Crippen LogP) is 4.83. The van der Waals surface area contributed by atoms with Crippen LogP contribution >= 0.6 is 0 Å². The first-order valence-corrected chi connectivity index (χ1v) is 7.05. The van der Waals surface area contributed by atoms with Gasteiger partial charge in [0.2, 0.25) is 0 Å². The van der Waals surface area contributed by atoms with Crippen molar-refractivity contribution in [2.24, 2.45) is 5.92 Å². The summed E-state index contributed by atoms with van der Waals surface area (Å²) >= 11 is 0. The van der Waals surface area contributed by atoms with Gasteiger partial charge >= 0.3 is 6.18 Å². The van der Waals surface area contributed by atoms with Crippen LogP contribution in [0.3, 0.4) is 0 Å². The van der Waals surface area contributed by atoms with E-state index in [9.17, 15) is 22.0 Å². The van der Waals surface area contributed by atoms with Gasteiger partial charge in [-0.05, 0) is 18.4 Å². The van der Waals surface area contributed by atoms with Crippen molar-refractivity contribution in [3.63, 3.8) is 0 Å². The van der Waals surface area contributed by atoms with E-state index in [2.05, 4.69) is 5.32 Å². The van der Waals surface area contributed by atoms with E-state index in [-0.39, 0.29) is 18.5 Å². The van der Waals surface area contributed by atoms with E-state index in [1.807, 2.05) is 0 Å². The number of hydrogen-bond acceptors (Lipinski definition) is 1. The predicted molar refractivity (Wildman–Crippen MR) is 70.0 cm³/mol. The molecule has 0 aliphatic heterocycles. The molecule has 2 atom stereocenters. The fraction of sp³-hybridized carbons (Fsp3) is 0.600. The van der Waals surface area contributed by atoms with Gasteiger partial charge in [-0.3, -0.25) is 0 Å². The Hall–Kier alpha value is -1.17. The minimum absolute atomic E-state index is 0.0791. The SMILES string of the molecule is FC(F)c1ccc(CNC2CCCCC2C(F)(F)F)cc1. The van der Waals surface area contributed by atoms with Gasteiger partial charge in [-0.1, -0.05) is 37.1 Å². The Morgan fingerprint density at radius 3 is 2.24 bits per heavy atom. The molecule has 0 spiro atoms. The lowest BCUT2D eigenvalue weighted by Crippen LogP contribution is -2.45. The third-order valence-electron chi connectivity index (χ3n) is 3.99. The van der Waals surface area contributed by atoms with Crippen LogP contribution in [0.25, 0.3) is 0 Å². The van der Waals surface area contributed by atoms with Crippen LogP contribution in [0.4, 0.5) is 22.0 Å². The largest absolute Gasteiger partial charge is 0.393 e. The molecule has 1 aromatic rings. The summed E-state index contributed by atoms with van der Waals surface area (Å²) in [7, 11) is 0. The van der Waals surface area contributed by atoms with Crippen LogP contribution in [0, 0.1) is 5.92 Å². The van der Waals surface area contributed by atoms with Gasteiger partial charge in [0.15, 0.2) is 0 Å². The molecular formula is C15H18F5N. The van der Waals surface area contributed by atoms with Crippen LogP contribution in [-0.2, 0) is 6.54 Å². The number of alkyl halides is 5. The molecule has 0 amide bonds. The highest BCUT2D eigenvalue weighted by molar-refractivity contribution is 5.23. The van der Waals surface area contributed by atoms with Gasteiger partial charge in [0.25, 0.3) is 6.43 Å². The highest BCUT2D eigenvalue weighted by Crippen LogP contribution is 2.37. The van der Waals surface area contributed by atoms with Gasteiger partial charge in [0, 0.05) is 18.2 Å². The first-order valence-electron chi connectivity index (χ1n) is 7.05. The molecule has 1 aliphatic rings. The van der Waals surface area contributed by atoms with E-state index >= 15 is 0 Å². The monoisotopic (exact) mass is 307 g/mol. The molecule has 0 heterocycles. The lowest BCUT2D eigenvalue weighted by Gasteiger charge is -2.33. The Balaban J connectivity index is 1.94. The van der Waals surface area contributed by atoms with Crippen molar-refractivity contribution in [2.75, 3.05) is 0 Å². The van der Waals surface area contributed by atoms with Crippen LogP contribution in [0.2, 0.25) is 0 Å². The highest BCUT2D eigenvalue weighted by atomic mass is 19.4. The molecule has 1 fully saturated rings. The third-order valence-corrected chi connectivity index (χ3v) is 3.99. The lowest BCUT2D eigenvalue weighted by atomic mass is 9.84. The minimum atomic E-state index is -4.18. The fourth-order valence-electron chi connectivity index (χ4n) is 2.80. The number of halogens is 5. The Morgan fingerprint density at radius 1 is 1.05 bits per heavy atom. The molecule has 1 aliphatic carbocycles. The molecule has 2 unspecified atom stereocenters. The van der Waals surface area contributed by atoms with Crippen molar-refractivity contribution >= 4 is 0 Å². The summed E-state index contributed by atoms with van der Waals surface area (Å²) in [5, 5.41) is 2.94. The second kappa shape index (κ2) is 6.73. The first-order chi connectivity index (χ1) is 9.88. The Morgan fingerprint density at radius 2 is 1.67 bits per heavy atom. The molecular weight excluding hydrogens is 289 g/mol. The van der Waals surface area contributed by atoms with E-state index in [1.165, 1.54) is 24.3 Å². The van der Waals surface area contributed by atoms with Gasteiger partial charge in [-0.25, -0.2) is 8.78 Å². The maximum Gasteiger partial charge on any atom is 0.393 e. The maximum absolute atomic E-state index is 12.9. The van der Waals surface area contributed by atoms with Crippen molar-refractivity contribution in [2.45, 2.75) is 50.9 Å². The zero-order valence-electron chi connectivity index (χ0n) is 11.5. The van der Waals surface area contributed by atoms with E-state index in [4.69, 9.17) is 0 Å². The summed E-state index contributed by atoms with van der Waals surface area (Å²) in [5.41, 5.74) is 0.635. The second-order valence-corrected chi connectivity index (χ2v) is 5.46. The van der Waals surface area contributed by atoms with Crippen molar-refractivity contribution < 1.29 is 22.0 Å². The maximum atomic E-state index is 12.9. The molecule has 1 aromatic carbocycles. The summed E-state index contributed by atoms with van der Waals surface area (Å²) in [6, 6.07) is 5.08. The average molecular weight is 307 g/mol. The quantitative estimate of drug-likeness (QED) is 0.785. The van der Waals surface area contributed by atoms with Crippen molar-refractivity contribution in [3.8, 4) is 0 Å².